The minimum absolute atomic E-state index is 0.00163. The van der Waals surface area contributed by atoms with Gasteiger partial charge in [-0.05, 0) is 121 Å². The third kappa shape index (κ3) is 5.46. The zero-order chi connectivity index (χ0) is 39.5. The Morgan fingerprint density at radius 1 is 0.782 bits per heavy atom. The summed E-state index contributed by atoms with van der Waals surface area (Å²) in [6, 6.07) is 11.9. The van der Waals surface area contributed by atoms with E-state index in [2.05, 4.69) is 60.6 Å². The highest BCUT2D eigenvalue weighted by atomic mass is 16.5. The lowest BCUT2D eigenvalue weighted by molar-refractivity contribution is -0.218. The molecule has 7 aliphatic rings. The van der Waals surface area contributed by atoms with Gasteiger partial charge in [0.15, 0.2) is 0 Å². The molecule has 0 saturated heterocycles. The van der Waals surface area contributed by atoms with Gasteiger partial charge in [0.05, 0.1) is 39.0 Å². The van der Waals surface area contributed by atoms with Gasteiger partial charge in [0.1, 0.15) is 34.5 Å². The van der Waals surface area contributed by atoms with Crippen LogP contribution in [0.1, 0.15) is 129 Å². The van der Waals surface area contributed by atoms with Crippen LogP contribution in [0.25, 0.3) is 0 Å². The van der Waals surface area contributed by atoms with Crippen LogP contribution < -0.4 is 18.9 Å². The van der Waals surface area contributed by atoms with E-state index in [1.165, 1.54) is 11.1 Å². The standard InChI is InChI=1S/C30H48O4.C17H16O4/c1-25(2)14-15-30(24(33)34)19(16-25)18-8-9-21-27(5)12-11-22(31)26(3,4)20(27)10-13-28(21,6)29(18,7)17-23(30)32;1-18-10-4-6-13-15(7-10)20-9-14-12-5-3-11(19-2)8-16(12)21-17(13)14/h8,19-23,31-32H,9-17H2,1-7H3,(H,33,34);3-8,14,17H,9H2,1-2H3. The Labute approximate surface area is 328 Å². The average molecular weight is 757 g/mol. The number of hydrogen-bond donors (Lipinski definition) is 3. The molecule has 2 aliphatic heterocycles. The highest BCUT2D eigenvalue weighted by molar-refractivity contribution is 5.77. The van der Waals surface area contributed by atoms with Crippen LogP contribution in [0.2, 0.25) is 0 Å². The third-order valence-corrected chi connectivity index (χ3v) is 17.2. The molecule has 0 bridgehead atoms. The van der Waals surface area contributed by atoms with Crippen molar-refractivity contribution in [1.82, 2.24) is 0 Å². The summed E-state index contributed by atoms with van der Waals surface area (Å²) in [7, 11) is 3.32. The number of methoxy groups -OCH3 is 2. The molecule has 2 aromatic carbocycles. The fourth-order valence-corrected chi connectivity index (χ4v) is 13.8. The Kier molecular flexibility index (Phi) is 9.06. The molecule has 4 fully saturated rings. The second-order valence-corrected chi connectivity index (χ2v) is 20.4. The molecule has 3 N–H and O–H groups in total. The quantitative estimate of drug-likeness (QED) is 0.266. The molecule has 55 heavy (non-hydrogen) atoms. The predicted octanol–water partition coefficient (Wildman–Crippen LogP) is 9.52. The van der Waals surface area contributed by atoms with Crippen LogP contribution in [-0.4, -0.2) is 54.3 Å². The monoisotopic (exact) mass is 756 g/mol. The number of benzene rings is 2. The largest absolute Gasteiger partial charge is 0.497 e. The average Bonchev–Trinajstić information content (AvgIpc) is 3.51. The summed E-state index contributed by atoms with van der Waals surface area (Å²) < 4.78 is 22.6. The smallest absolute Gasteiger partial charge is 0.312 e. The van der Waals surface area contributed by atoms with Crippen LogP contribution in [0, 0.1) is 50.2 Å². The second-order valence-electron chi connectivity index (χ2n) is 20.4. The number of allylic oxidation sites excluding steroid dienone is 2. The molecule has 8 nitrogen and oxygen atoms in total. The van der Waals surface area contributed by atoms with Crippen molar-refractivity contribution in [3.05, 3.63) is 59.2 Å². The van der Waals surface area contributed by atoms with Crippen molar-refractivity contribution in [2.75, 3.05) is 20.8 Å². The normalized spacial score (nSPS) is 41.2. The first-order valence-corrected chi connectivity index (χ1v) is 20.8. The fraction of sp³-hybridized carbons (Fsp3) is 0.681. The fourth-order valence-electron chi connectivity index (χ4n) is 13.8. The Morgan fingerprint density at radius 2 is 1.45 bits per heavy atom. The zero-order valence-corrected chi connectivity index (χ0v) is 34.5. The maximum absolute atomic E-state index is 12.8. The molecular formula is C47H64O8. The zero-order valence-electron chi connectivity index (χ0n) is 34.5. The first kappa shape index (κ1) is 38.6. The molecule has 2 aromatic rings. The third-order valence-electron chi connectivity index (χ3n) is 17.2. The molecule has 300 valence electrons. The van der Waals surface area contributed by atoms with E-state index in [-0.39, 0.29) is 51.1 Å². The number of carbonyl (C=O) groups is 1. The van der Waals surface area contributed by atoms with E-state index in [0.29, 0.717) is 31.3 Å². The number of ether oxygens (including phenoxy) is 4. The first-order chi connectivity index (χ1) is 25.9. The number of hydrogen-bond acceptors (Lipinski definition) is 7. The van der Waals surface area contributed by atoms with Gasteiger partial charge in [-0.1, -0.05) is 66.2 Å². The minimum Gasteiger partial charge on any atom is -0.497 e. The summed E-state index contributed by atoms with van der Waals surface area (Å²) in [5.74, 6) is 3.65. The van der Waals surface area contributed by atoms with Gasteiger partial charge >= 0.3 is 5.97 Å². The van der Waals surface area contributed by atoms with Crippen LogP contribution in [0.5, 0.6) is 23.0 Å². The number of carboxylic acids is 1. The highest BCUT2D eigenvalue weighted by Crippen LogP contribution is 2.75. The van der Waals surface area contributed by atoms with Crippen molar-refractivity contribution in [1.29, 1.82) is 0 Å². The Balaban J connectivity index is 0.000000173. The molecule has 0 amide bonds. The summed E-state index contributed by atoms with van der Waals surface area (Å²) in [5.41, 5.74) is 2.55. The lowest BCUT2D eigenvalue weighted by Crippen LogP contribution is -2.67. The molecule has 4 saturated carbocycles. The van der Waals surface area contributed by atoms with Crippen LogP contribution in [0.4, 0.5) is 0 Å². The van der Waals surface area contributed by atoms with Crippen LogP contribution >= 0.6 is 0 Å². The molecule has 0 radical (unpaired) electrons. The molecule has 2 heterocycles. The van der Waals surface area contributed by atoms with Gasteiger partial charge in [-0.3, -0.25) is 4.79 Å². The molecule has 5 aliphatic carbocycles. The Hall–Kier alpha value is -3.23. The van der Waals surface area contributed by atoms with Crippen molar-refractivity contribution in [3.63, 3.8) is 0 Å². The Morgan fingerprint density at radius 3 is 2.13 bits per heavy atom. The van der Waals surface area contributed by atoms with E-state index < -0.39 is 17.5 Å². The van der Waals surface area contributed by atoms with E-state index in [4.69, 9.17) is 18.9 Å². The van der Waals surface area contributed by atoms with Crippen molar-refractivity contribution < 1.29 is 39.1 Å². The van der Waals surface area contributed by atoms with Gasteiger partial charge in [0.25, 0.3) is 0 Å². The van der Waals surface area contributed by atoms with Gasteiger partial charge in [-0.15, -0.1) is 0 Å². The van der Waals surface area contributed by atoms with Crippen LogP contribution in [-0.2, 0) is 4.79 Å². The van der Waals surface area contributed by atoms with Gasteiger partial charge in [-0.25, -0.2) is 0 Å². The molecule has 0 spiro atoms. The van der Waals surface area contributed by atoms with Crippen molar-refractivity contribution in [2.24, 2.45) is 50.2 Å². The van der Waals surface area contributed by atoms with Gasteiger partial charge < -0.3 is 34.3 Å². The minimum atomic E-state index is -1.04. The number of aliphatic hydroxyl groups is 2. The lowest BCUT2D eigenvalue weighted by Gasteiger charge is -2.71. The van der Waals surface area contributed by atoms with E-state index in [9.17, 15) is 20.1 Å². The highest BCUT2D eigenvalue weighted by Gasteiger charge is 2.71. The maximum Gasteiger partial charge on any atom is 0.312 e. The number of rotatable bonds is 3. The summed E-state index contributed by atoms with van der Waals surface area (Å²) in [4.78, 5) is 12.8. The van der Waals surface area contributed by atoms with E-state index in [0.717, 1.165) is 73.5 Å². The van der Waals surface area contributed by atoms with E-state index >= 15 is 0 Å². The summed E-state index contributed by atoms with van der Waals surface area (Å²) in [5, 5.41) is 33.1. The second kappa shape index (κ2) is 12.9. The number of fused-ring (bicyclic) bond motifs is 12. The van der Waals surface area contributed by atoms with E-state index in [1.54, 1.807) is 14.2 Å². The van der Waals surface area contributed by atoms with Crippen molar-refractivity contribution in [2.45, 2.75) is 130 Å². The maximum atomic E-state index is 12.8. The SMILES string of the molecule is CC1(C)CCC2(C(=O)O)C(O)CC3(C)C(=CCC4C5(C)CCC(O)C(C)(C)C5CCC43C)C2C1.COc1ccc2c(c1)OC1c3ccc(OC)cc3OCC21. The lowest BCUT2D eigenvalue weighted by atomic mass is 9.33. The van der Waals surface area contributed by atoms with Crippen molar-refractivity contribution in [3.8, 4) is 23.0 Å². The Bertz CT molecular complexity index is 1880. The van der Waals surface area contributed by atoms with Gasteiger partial charge in [0, 0.05) is 23.3 Å². The number of carboxylic acid groups (broad SMARTS) is 1. The first-order valence-electron chi connectivity index (χ1n) is 20.8. The van der Waals surface area contributed by atoms with Gasteiger partial charge in [0.2, 0.25) is 0 Å². The summed E-state index contributed by atoms with van der Waals surface area (Å²) in [6.07, 6.45) is 9.35. The summed E-state index contributed by atoms with van der Waals surface area (Å²) in [6.45, 7) is 17.0. The van der Waals surface area contributed by atoms with E-state index in [1.807, 2.05) is 30.3 Å². The predicted molar refractivity (Wildman–Crippen MR) is 212 cm³/mol. The van der Waals surface area contributed by atoms with Crippen molar-refractivity contribution >= 4 is 5.97 Å². The summed E-state index contributed by atoms with van der Waals surface area (Å²) >= 11 is 0. The molecule has 11 atom stereocenters. The number of aliphatic hydroxyl groups excluding tert-OH is 2. The van der Waals surface area contributed by atoms with Crippen LogP contribution in [0.3, 0.4) is 0 Å². The molecule has 0 aromatic heterocycles. The topological polar surface area (TPSA) is 115 Å². The molecule has 8 heteroatoms. The number of aliphatic carboxylic acids is 1. The molecule has 11 unspecified atom stereocenters. The van der Waals surface area contributed by atoms with Gasteiger partial charge in [-0.2, -0.15) is 0 Å². The van der Waals surface area contributed by atoms with Crippen LogP contribution in [0.15, 0.2) is 48.0 Å². The molecular weight excluding hydrogens is 693 g/mol. The molecule has 9 rings (SSSR count).